The molecular formula is C54H104O6. The molecule has 0 spiro atoms. The SMILES string of the molecule is CCCCCCCCCCCCCCCCC(=O)OC[C@H](COC(=O)CCCCCCCCCCC(C)C)OC(=O)CCCCCCCCCCCCCCCCC(C)C. The lowest BCUT2D eigenvalue weighted by molar-refractivity contribution is -0.167. The fourth-order valence-electron chi connectivity index (χ4n) is 8.17. The topological polar surface area (TPSA) is 78.9 Å². The first-order valence-corrected chi connectivity index (χ1v) is 26.7. The van der Waals surface area contributed by atoms with Gasteiger partial charge >= 0.3 is 17.9 Å². The Labute approximate surface area is 374 Å². The summed E-state index contributed by atoms with van der Waals surface area (Å²) in [5.41, 5.74) is 0. The molecule has 0 bridgehead atoms. The normalized spacial score (nSPS) is 12.1. The van der Waals surface area contributed by atoms with E-state index in [0.29, 0.717) is 19.3 Å². The molecule has 0 saturated carbocycles. The molecule has 0 aliphatic heterocycles. The number of carbonyl (C=O) groups is 3. The lowest BCUT2D eigenvalue weighted by atomic mass is 10.0. The molecule has 1 atom stereocenters. The molecule has 0 saturated heterocycles. The molecule has 0 aliphatic carbocycles. The number of ether oxygens (including phenoxy) is 3. The average Bonchev–Trinajstić information content (AvgIpc) is 3.22. The van der Waals surface area contributed by atoms with Crippen LogP contribution in [-0.2, 0) is 28.6 Å². The van der Waals surface area contributed by atoms with Gasteiger partial charge in [0.2, 0.25) is 0 Å². The molecule has 0 fully saturated rings. The first kappa shape index (κ1) is 58.4. The van der Waals surface area contributed by atoms with Gasteiger partial charge in [-0.1, -0.05) is 259 Å². The average molecular weight is 849 g/mol. The number of esters is 3. The highest BCUT2D eigenvalue weighted by Gasteiger charge is 2.19. The van der Waals surface area contributed by atoms with Crippen LogP contribution in [0.4, 0.5) is 0 Å². The van der Waals surface area contributed by atoms with E-state index in [-0.39, 0.29) is 31.1 Å². The molecule has 0 aromatic rings. The third kappa shape index (κ3) is 47.5. The molecule has 0 amide bonds. The van der Waals surface area contributed by atoms with Crippen LogP contribution in [-0.4, -0.2) is 37.2 Å². The summed E-state index contributed by atoms with van der Waals surface area (Å²) in [6.07, 6.45) is 48.1. The van der Waals surface area contributed by atoms with Gasteiger partial charge in [0.1, 0.15) is 13.2 Å². The number of unbranched alkanes of at least 4 members (excludes halogenated alkanes) is 33. The van der Waals surface area contributed by atoms with Gasteiger partial charge in [-0.25, -0.2) is 0 Å². The van der Waals surface area contributed by atoms with Crippen LogP contribution >= 0.6 is 0 Å². The fraction of sp³-hybridized carbons (Fsp3) is 0.944. The zero-order valence-electron chi connectivity index (χ0n) is 41.1. The monoisotopic (exact) mass is 849 g/mol. The van der Waals surface area contributed by atoms with Crippen LogP contribution in [0.3, 0.4) is 0 Å². The summed E-state index contributed by atoms with van der Waals surface area (Å²) in [6.45, 7) is 11.4. The number of hydrogen-bond donors (Lipinski definition) is 0. The van der Waals surface area contributed by atoms with Gasteiger partial charge in [-0.3, -0.25) is 14.4 Å². The highest BCUT2D eigenvalue weighted by molar-refractivity contribution is 5.71. The van der Waals surface area contributed by atoms with Gasteiger partial charge < -0.3 is 14.2 Å². The molecule has 0 rings (SSSR count). The van der Waals surface area contributed by atoms with Crippen molar-refractivity contribution in [2.24, 2.45) is 11.8 Å². The van der Waals surface area contributed by atoms with E-state index in [1.54, 1.807) is 0 Å². The Morgan fingerprint density at radius 1 is 0.317 bits per heavy atom. The first-order valence-electron chi connectivity index (χ1n) is 26.7. The molecule has 6 nitrogen and oxygen atoms in total. The van der Waals surface area contributed by atoms with Gasteiger partial charge in [0.05, 0.1) is 0 Å². The lowest BCUT2D eigenvalue weighted by Gasteiger charge is -2.18. The predicted molar refractivity (Wildman–Crippen MR) is 256 cm³/mol. The molecular weight excluding hydrogens is 745 g/mol. The van der Waals surface area contributed by atoms with Crippen molar-refractivity contribution >= 4 is 17.9 Å². The Kier molecular flexibility index (Phi) is 45.7. The van der Waals surface area contributed by atoms with E-state index in [9.17, 15) is 14.4 Å². The van der Waals surface area contributed by atoms with Gasteiger partial charge in [-0.2, -0.15) is 0 Å². The summed E-state index contributed by atoms with van der Waals surface area (Å²) in [4.78, 5) is 38.0. The Balaban J connectivity index is 4.29. The van der Waals surface area contributed by atoms with Crippen molar-refractivity contribution in [2.75, 3.05) is 13.2 Å². The Hall–Kier alpha value is -1.59. The van der Waals surface area contributed by atoms with E-state index in [1.807, 2.05) is 0 Å². The minimum absolute atomic E-state index is 0.0636. The van der Waals surface area contributed by atoms with Crippen LogP contribution in [0.15, 0.2) is 0 Å². The van der Waals surface area contributed by atoms with Crippen molar-refractivity contribution in [3.05, 3.63) is 0 Å². The molecule has 0 unspecified atom stereocenters. The van der Waals surface area contributed by atoms with Crippen molar-refractivity contribution in [2.45, 2.75) is 304 Å². The number of carbonyl (C=O) groups excluding carboxylic acids is 3. The Morgan fingerprint density at radius 2 is 0.550 bits per heavy atom. The van der Waals surface area contributed by atoms with Crippen LogP contribution in [0.5, 0.6) is 0 Å². The van der Waals surface area contributed by atoms with E-state index in [2.05, 4.69) is 34.6 Å². The van der Waals surface area contributed by atoms with E-state index in [4.69, 9.17) is 14.2 Å². The Morgan fingerprint density at radius 3 is 0.817 bits per heavy atom. The summed E-state index contributed by atoms with van der Waals surface area (Å²) < 4.78 is 16.8. The van der Waals surface area contributed by atoms with Gasteiger partial charge in [-0.15, -0.1) is 0 Å². The van der Waals surface area contributed by atoms with E-state index in [1.165, 1.54) is 186 Å². The second-order valence-corrected chi connectivity index (χ2v) is 19.5. The maximum absolute atomic E-state index is 12.8. The largest absolute Gasteiger partial charge is 0.462 e. The van der Waals surface area contributed by atoms with E-state index in [0.717, 1.165) is 69.6 Å². The minimum Gasteiger partial charge on any atom is -0.462 e. The zero-order chi connectivity index (χ0) is 44.0. The Bertz CT molecular complexity index is 916. The second-order valence-electron chi connectivity index (χ2n) is 19.5. The predicted octanol–water partition coefficient (Wildman–Crippen LogP) is 17.3. The van der Waals surface area contributed by atoms with Crippen molar-refractivity contribution in [1.82, 2.24) is 0 Å². The molecule has 0 radical (unpaired) electrons. The summed E-state index contributed by atoms with van der Waals surface area (Å²) in [6, 6.07) is 0. The molecule has 0 aliphatic rings. The molecule has 0 aromatic heterocycles. The zero-order valence-corrected chi connectivity index (χ0v) is 41.1. The maximum Gasteiger partial charge on any atom is 0.306 e. The fourth-order valence-corrected chi connectivity index (χ4v) is 8.17. The third-order valence-electron chi connectivity index (χ3n) is 12.2. The minimum atomic E-state index is -0.762. The second kappa shape index (κ2) is 46.9. The van der Waals surface area contributed by atoms with Crippen LogP contribution in [0, 0.1) is 11.8 Å². The smallest absolute Gasteiger partial charge is 0.306 e. The number of hydrogen-bond acceptors (Lipinski definition) is 6. The van der Waals surface area contributed by atoms with Crippen molar-refractivity contribution in [1.29, 1.82) is 0 Å². The lowest BCUT2D eigenvalue weighted by Crippen LogP contribution is -2.30. The summed E-state index contributed by atoms with van der Waals surface area (Å²) >= 11 is 0. The van der Waals surface area contributed by atoms with Crippen LogP contribution in [0.1, 0.15) is 298 Å². The van der Waals surface area contributed by atoms with E-state index >= 15 is 0 Å². The van der Waals surface area contributed by atoms with Crippen LogP contribution in [0.2, 0.25) is 0 Å². The molecule has 0 heterocycles. The van der Waals surface area contributed by atoms with Gasteiger partial charge in [-0.05, 0) is 31.1 Å². The van der Waals surface area contributed by atoms with Crippen molar-refractivity contribution < 1.29 is 28.6 Å². The van der Waals surface area contributed by atoms with Crippen molar-refractivity contribution in [3.8, 4) is 0 Å². The molecule has 0 N–H and O–H groups in total. The molecule has 0 aromatic carbocycles. The highest BCUT2D eigenvalue weighted by atomic mass is 16.6. The maximum atomic E-state index is 12.8. The standard InChI is InChI=1S/C54H104O6/c1-6-7-8-9-10-11-12-13-17-20-23-29-34-39-44-52(55)58-47-51(48-59-53(56)45-40-35-30-26-25-28-33-38-43-50(4)5)60-54(57)46-41-36-31-24-21-18-15-14-16-19-22-27-32-37-42-49(2)3/h49-51H,6-48H2,1-5H3/t51-/m1/s1. The van der Waals surface area contributed by atoms with Crippen LogP contribution < -0.4 is 0 Å². The van der Waals surface area contributed by atoms with Gasteiger partial charge in [0, 0.05) is 19.3 Å². The summed E-state index contributed by atoms with van der Waals surface area (Å²) in [7, 11) is 0. The van der Waals surface area contributed by atoms with Gasteiger partial charge in [0.15, 0.2) is 6.10 Å². The van der Waals surface area contributed by atoms with Crippen LogP contribution in [0.25, 0.3) is 0 Å². The summed E-state index contributed by atoms with van der Waals surface area (Å²) in [5.74, 6) is 0.793. The third-order valence-corrected chi connectivity index (χ3v) is 12.2. The quantitative estimate of drug-likeness (QED) is 0.0345. The van der Waals surface area contributed by atoms with E-state index < -0.39 is 6.10 Å². The molecule has 356 valence electrons. The number of rotatable bonds is 48. The highest BCUT2D eigenvalue weighted by Crippen LogP contribution is 2.17. The molecule has 6 heteroatoms. The van der Waals surface area contributed by atoms with Crippen molar-refractivity contribution in [3.63, 3.8) is 0 Å². The first-order chi connectivity index (χ1) is 29.2. The summed E-state index contributed by atoms with van der Waals surface area (Å²) in [5, 5.41) is 0. The van der Waals surface area contributed by atoms with Gasteiger partial charge in [0.25, 0.3) is 0 Å². The molecule has 60 heavy (non-hydrogen) atoms.